The van der Waals surface area contributed by atoms with Crippen LogP contribution >= 0.6 is 0 Å². The van der Waals surface area contributed by atoms with Gasteiger partial charge in [-0.1, -0.05) is 30.9 Å². The highest BCUT2D eigenvalue weighted by atomic mass is 19.2. The molecule has 0 heterocycles. The van der Waals surface area contributed by atoms with Gasteiger partial charge in [-0.2, -0.15) is 0 Å². The van der Waals surface area contributed by atoms with Crippen molar-refractivity contribution in [3.63, 3.8) is 0 Å². The van der Waals surface area contributed by atoms with Gasteiger partial charge in [0, 0.05) is 5.56 Å². The maximum atomic E-state index is 14.4. The van der Waals surface area contributed by atoms with Crippen LogP contribution in [0.3, 0.4) is 0 Å². The van der Waals surface area contributed by atoms with E-state index < -0.39 is 28.8 Å². The molecule has 28 heavy (non-hydrogen) atoms. The molecule has 0 saturated heterocycles. The third kappa shape index (κ3) is 4.52. The molecule has 142 valence electrons. The van der Waals surface area contributed by atoms with Crippen molar-refractivity contribution in [2.45, 2.75) is 13.3 Å². The number of benzene rings is 3. The van der Waals surface area contributed by atoms with Crippen LogP contribution < -0.4 is 4.74 Å². The minimum absolute atomic E-state index is 0.115. The van der Waals surface area contributed by atoms with Gasteiger partial charge in [0.2, 0.25) is 0 Å². The smallest absolute Gasteiger partial charge is 0.160 e. The first-order valence-electron chi connectivity index (χ1n) is 8.67. The van der Waals surface area contributed by atoms with Crippen LogP contribution in [0.5, 0.6) is 5.75 Å². The zero-order chi connectivity index (χ0) is 20.1. The summed E-state index contributed by atoms with van der Waals surface area (Å²) < 4.78 is 60.4. The molecule has 0 unspecified atom stereocenters. The molecule has 0 atom stereocenters. The lowest BCUT2D eigenvalue weighted by atomic mass is 10.0. The van der Waals surface area contributed by atoms with Crippen LogP contribution in [-0.4, -0.2) is 6.61 Å². The van der Waals surface area contributed by atoms with Gasteiger partial charge in [0.05, 0.1) is 12.2 Å². The van der Waals surface area contributed by atoms with Gasteiger partial charge in [0.25, 0.3) is 0 Å². The number of hydrogen-bond acceptors (Lipinski definition) is 1. The molecule has 0 fully saturated rings. The molecule has 0 spiro atoms. The summed E-state index contributed by atoms with van der Waals surface area (Å²) >= 11 is 0. The Morgan fingerprint density at radius 3 is 2.00 bits per heavy atom. The highest BCUT2D eigenvalue weighted by Crippen LogP contribution is 2.26. The van der Waals surface area contributed by atoms with Gasteiger partial charge < -0.3 is 4.74 Å². The predicted octanol–water partition coefficient (Wildman–Crippen LogP) is 6.10. The molecule has 5 heteroatoms. The van der Waals surface area contributed by atoms with Gasteiger partial charge >= 0.3 is 0 Å². The Labute approximate surface area is 160 Å². The fraction of sp³-hybridized carbons (Fsp3) is 0.130. The van der Waals surface area contributed by atoms with Crippen molar-refractivity contribution < 1.29 is 22.3 Å². The molecule has 0 N–H and O–H groups in total. The van der Waals surface area contributed by atoms with Gasteiger partial charge in [-0.25, -0.2) is 17.6 Å². The molecule has 0 radical (unpaired) electrons. The highest BCUT2D eigenvalue weighted by molar-refractivity contribution is 5.66. The predicted molar refractivity (Wildman–Crippen MR) is 99.9 cm³/mol. The lowest BCUT2D eigenvalue weighted by Gasteiger charge is -2.07. The quantitative estimate of drug-likeness (QED) is 0.390. The Morgan fingerprint density at radius 1 is 0.714 bits per heavy atom. The molecular weight excluding hydrogens is 368 g/mol. The number of halogens is 4. The molecule has 0 amide bonds. The molecule has 3 aromatic rings. The second kappa shape index (κ2) is 8.62. The van der Waals surface area contributed by atoms with E-state index in [4.69, 9.17) is 4.74 Å². The second-order valence-electron chi connectivity index (χ2n) is 6.07. The SMILES string of the molecule is CCCOc1ccc(-c2cc(F)c(C#Cc3ccc(F)c(F)c3)c(F)c2)cc1. The van der Waals surface area contributed by atoms with E-state index >= 15 is 0 Å². The van der Waals surface area contributed by atoms with Crippen molar-refractivity contribution in [1.82, 2.24) is 0 Å². The lowest BCUT2D eigenvalue weighted by molar-refractivity contribution is 0.317. The molecular formula is C23H16F4O. The Balaban J connectivity index is 1.87. The van der Waals surface area contributed by atoms with Crippen LogP contribution in [0.25, 0.3) is 11.1 Å². The molecule has 0 saturated carbocycles. The van der Waals surface area contributed by atoms with Crippen molar-refractivity contribution in [3.8, 4) is 28.7 Å². The Kier molecular flexibility index (Phi) is 6.00. The number of hydrogen-bond donors (Lipinski definition) is 0. The van der Waals surface area contributed by atoms with E-state index in [2.05, 4.69) is 11.8 Å². The van der Waals surface area contributed by atoms with Crippen LogP contribution in [0.2, 0.25) is 0 Å². The van der Waals surface area contributed by atoms with Crippen LogP contribution in [0.4, 0.5) is 17.6 Å². The van der Waals surface area contributed by atoms with Crippen LogP contribution in [0.15, 0.2) is 54.6 Å². The Bertz CT molecular complexity index is 1020. The summed E-state index contributed by atoms with van der Waals surface area (Å²) in [5, 5.41) is 0. The fourth-order valence-corrected chi connectivity index (χ4v) is 2.53. The van der Waals surface area contributed by atoms with E-state index in [9.17, 15) is 17.6 Å². The summed E-state index contributed by atoms with van der Waals surface area (Å²) in [7, 11) is 0. The Hall–Kier alpha value is -3.26. The summed E-state index contributed by atoms with van der Waals surface area (Å²) in [6.07, 6.45) is 0.880. The summed E-state index contributed by atoms with van der Waals surface area (Å²) in [6, 6.07) is 12.3. The summed E-state index contributed by atoms with van der Waals surface area (Å²) in [6.45, 7) is 2.59. The van der Waals surface area contributed by atoms with Crippen LogP contribution in [0.1, 0.15) is 24.5 Å². The molecule has 0 aromatic heterocycles. The van der Waals surface area contributed by atoms with E-state index in [-0.39, 0.29) is 5.56 Å². The molecule has 0 bridgehead atoms. The zero-order valence-electron chi connectivity index (χ0n) is 15.0. The second-order valence-corrected chi connectivity index (χ2v) is 6.07. The van der Waals surface area contributed by atoms with E-state index in [1.54, 1.807) is 24.3 Å². The first kappa shape index (κ1) is 19.5. The molecule has 3 aromatic carbocycles. The normalized spacial score (nSPS) is 10.3. The molecule has 0 aliphatic carbocycles. The average Bonchev–Trinajstić information content (AvgIpc) is 2.68. The Morgan fingerprint density at radius 2 is 1.39 bits per heavy atom. The van der Waals surface area contributed by atoms with Crippen LogP contribution in [-0.2, 0) is 0 Å². The van der Waals surface area contributed by atoms with Crippen molar-refractivity contribution in [1.29, 1.82) is 0 Å². The first-order chi connectivity index (χ1) is 13.5. The third-order valence-corrected chi connectivity index (χ3v) is 3.95. The van der Waals surface area contributed by atoms with Gasteiger partial charge in [-0.3, -0.25) is 0 Å². The van der Waals surface area contributed by atoms with Gasteiger partial charge in [-0.15, -0.1) is 0 Å². The fourth-order valence-electron chi connectivity index (χ4n) is 2.53. The molecule has 1 nitrogen and oxygen atoms in total. The van der Waals surface area contributed by atoms with Gasteiger partial charge in [0.1, 0.15) is 17.4 Å². The van der Waals surface area contributed by atoms with E-state index in [1.807, 2.05) is 6.92 Å². The highest BCUT2D eigenvalue weighted by Gasteiger charge is 2.11. The van der Waals surface area contributed by atoms with Crippen LogP contribution in [0, 0.1) is 35.1 Å². The largest absolute Gasteiger partial charge is 0.494 e. The molecule has 0 aliphatic heterocycles. The zero-order valence-corrected chi connectivity index (χ0v) is 15.0. The van der Waals surface area contributed by atoms with E-state index in [0.29, 0.717) is 23.5 Å². The van der Waals surface area contributed by atoms with Crippen molar-refractivity contribution in [2.24, 2.45) is 0 Å². The maximum absolute atomic E-state index is 14.4. The summed E-state index contributed by atoms with van der Waals surface area (Å²) in [4.78, 5) is 0. The van der Waals surface area contributed by atoms with Gasteiger partial charge in [-0.05, 0) is 60.0 Å². The third-order valence-electron chi connectivity index (χ3n) is 3.95. The number of rotatable bonds is 4. The summed E-state index contributed by atoms with van der Waals surface area (Å²) in [5.74, 6) is 1.71. The van der Waals surface area contributed by atoms with E-state index in [1.165, 1.54) is 18.2 Å². The first-order valence-corrected chi connectivity index (χ1v) is 8.67. The van der Waals surface area contributed by atoms with Crippen molar-refractivity contribution >= 4 is 0 Å². The minimum atomic E-state index is -1.07. The minimum Gasteiger partial charge on any atom is -0.494 e. The van der Waals surface area contributed by atoms with Crippen molar-refractivity contribution in [3.05, 3.63) is 89.0 Å². The standard InChI is InChI=1S/C23H16F4O/c1-2-11-28-18-7-5-16(6-8-18)17-13-21(25)19(22(26)14-17)9-3-15-4-10-20(24)23(27)12-15/h4-8,10,12-14H,2,11H2,1H3. The number of ether oxygens (including phenoxy) is 1. The topological polar surface area (TPSA) is 9.23 Å². The van der Waals surface area contributed by atoms with E-state index in [0.717, 1.165) is 18.6 Å². The molecule has 3 rings (SSSR count). The lowest BCUT2D eigenvalue weighted by Crippen LogP contribution is -1.95. The van der Waals surface area contributed by atoms with Gasteiger partial charge in [0.15, 0.2) is 11.6 Å². The average molecular weight is 384 g/mol. The van der Waals surface area contributed by atoms with Crippen molar-refractivity contribution in [2.75, 3.05) is 6.61 Å². The monoisotopic (exact) mass is 384 g/mol. The maximum Gasteiger partial charge on any atom is 0.160 e. The molecule has 0 aliphatic rings. The summed E-state index contributed by atoms with van der Waals surface area (Å²) in [5.41, 5.74) is 0.665.